The van der Waals surface area contributed by atoms with Gasteiger partial charge >= 0.3 is 0 Å². The molecule has 1 aromatic heterocycles. The maximum absolute atomic E-state index is 8.68. The Morgan fingerprint density at radius 3 is 2.38 bits per heavy atom. The molecule has 0 spiro atoms. The second kappa shape index (κ2) is 6.69. The summed E-state index contributed by atoms with van der Waals surface area (Å²) in [6, 6.07) is 0. The molecule has 3 heteroatoms. The summed E-state index contributed by atoms with van der Waals surface area (Å²) in [6.07, 6.45) is 5.46. The Morgan fingerprint density at radius 2 is 1.81 bits per heavy atom. The highest BCUT2D eigenvalue weighted by Crippen LogP contribution is 2.14. The summed E-state index contributed by atoms with van der Waals surface area (Å²) in [6.45, 7) is 7.77. The van der Waals surface area contributed by atoms with Gasteiger partial charge < -0.3 is 5.11 Å². The molecule has 0 aliphatic rings. The summed E-state index contributed by atoms with van der Waals surface area (Å²) in [5, 5.41) is 13.2. The Kier molecular flexibility index (Phi) is 5.53. The molecule has 1 heterocycles. The van der Waals surface area contributed by atoms with Crippen molar-refractivity contribution in [3.05, 3.63) is 17.0 Å². The van der Waals surface area contributed by atoms with Crippen molar-refractivity contribution in [1.82, 2.24) is 9.78 Å². The predicted octanol–water partition coefficient (Wildman–Crippen LogP) is 2.62. The van der Waals surface area contributed by atoms with E-state index in [1.807, 2.05) is 0 Å². The molecule has 0 bridgehead atoms. The summed E-state index contributed by atoms with van der Waals surface area (Å²) in [4.78, 5) is 0. The van der Waals surface area contributed by atoms with Crippen LogP contribution in [0.5, 0.6) is 0 Å². The van der Waals surface area contributed by atoms with Crippen molar-refractivity contribution in [2.75, 3.05) is 6.61 Å². The fraction of sp³-hybridized carbons (Fsp3) is 0.769. The van der Waals surface area contributed by atoms with Crippen molar-refractivity contribution in [3.63, 3.8) is 0 Å². The molecule has 0 atom stereocenters. The van der Waals surface area contributed by atoms with E-state index in [2.05, 4.69) is 30.6 Å². The first-order valence-corrected chi connectivity index (χ1v) is 6.34. The van der Waals surface area contributed by atoms with Crippen molar-refractivity contribution < 1.29 is 5.11 Å². The third-order valence-corrected chi connectivity index (χ3v) is 3.16. The van der Waals surface area contributed by atoms with Crippen molar-refractivity contribution in [1.29, 1.82) is 0 Å². The van der Waals surface area contributed by atoms with Crippen molar-refractivity contribution in [3.8, 4) is 0 Å². The quantitative estimate of drug-likeness (QED) is 0.723. The second-order valence-corrected chi connectivity index (χ2v) is 4.36. The van der Waals surface area contributed by atoms with E-state index < -0.39 is 0 Å². The molecule has 0 amide bonds. The maximum atomic E-state index is 8.68. The van der Waals surface area contributed by atoms with Crippen LogP contribution in [0.1, 0.15) is 49.6 Å². The van der Waals surface area contributed by atoms with E-state index in [0.717, 1.165) is 32.2 Å². The second-order valence-electron chi connectivity index (χ2n) is 4.36. The number of hydrogen-bond acceptors (Lipinski definition) is 2. The summed E-state index contributed by atoms with van der Waals surface area (Å²) < 4.78 is 2.13. The van der Waals surface area contributed by atoms with Crippen LogP contribution in [-0.2, 0) is 13.0 Å². The van der Waals surface area contributed by atoms with Crippen LogP contribution in [0.25, 0.3) is 0 Å². The standard InChI is InChI=1S/C13H24N2O/c1-4-13-11(2)14-15(12(13)3)9-7-5-6-8-10-16/h16H,4-10H2,1-3H3. The van der Waals surface area contributed by atoms with Gasteiger partial charge in [0, 0.05) is 18.8 Å². The molecule has 0 aromatic carbocycles. The lowest BCUT2D eigenvalue weighted by atomic mass is 10.1. The molecule has 0 saturated carbocycles. The van der Waals surface area contributed by atoms with Gasteiger partial charge in [-0.2, -0.15) is 5.10 Å². The molecule has 0 unspecified atom stereocenters. The fourth-order valence-corrected chi connectivity index (χ4v) is 2.19. The van der Waals surface area contributed by atoms with Crippen molar-refractivity contribution >= 4 is 0 Å². The fourth-order valence-electron chi connectivity index (χ4n) is 2.19. The highest BCUT2D eigenvalue weighted by atomic mass is 16.2. The number of unbranched alkanes of at least 4 members (excludes halogenated alkanes) is 3. The zero-order valence-corrected chi connectivity index (χ0v) is 10.8. The first-order valence-electron chi connectivity index (χ1n) is 6.34. The lowest BCUT2D eigenvalue weighted by Gasteiger charge is -2.04. The first kappa shape index (κ1) is 13.2. The van der Waals surface area contributed by atoms with Gasteiger partial charge in [-0.3, -0.25) is 4.68 Å². The molecular formula is C13H24N2O. The lowest BCUT2D eigenvalue weighted by Crippen LogP contribution is -2.03. The minimum atomic E-state index is 0.319. The van der Waals surface area contributed by atoms with Gasteiger partial charge in [0.2, 0.25) is 0 Å². The van der Waals surface area contributed by atoms with Crippen LogP contribution in [0.3, 0.4) is 0 Å². The number of hydrogen-bond donors (Lipinski definition) is 1. The normalized spacial score (nSPS) is 11.0. The Labute approximate surface area is 98.5 Å². The zero-order chi connectivity index (χ0) is 12.0. The predicted molar refractivity (Wildman–Crippen MR) is 66.6 cm³/mol. The largest absolute Gasteiger partial charge is 0.396 e. The highest BCUT2D eigenvalue weighted by Gasteiger charge is 2.08. The van der Waals surface area contributed by atoms with Crippen LogP contribution in [0, 0.1) is 13.8 Å². The summed E-state index contributed by atoms with van der Waals surface area (Å²) in [5.41, 5.74) is 3.90. The van der Waals surface area contributed by atoms with Gasteiger partial charge in [0.05, 0.1) is 5.69 Å². The number of aliphatic hydroxyl groups is 1. The Balaban J connectivity index is 2.42. The van der Waals surface area contributed by atoms with Gasteiger partial charge in [-0.15, -0.1) is 0 Å². The van der Waals surface area contributed by atoms with E-state index in [4.69, 9.17) is 5.11 Å². The molecule has 0 aliphatic heterocycles. The van der Waals surface area contributed by atoms with Crippen LogP contribution in [0.4, 0.5) is 0 Å². The van der Waals surface area contributed by atoms with Crippen LogP contribution in [0.15, 0.2) is 0 Å². The van der Waals surface area contributed by atoms with E-state index in [1.165, 1.54) is 23.4 Å². The van der Waals surface area contributed by atoms with E-state index in [-0.39, 0.29) is 0 Å². The Morgan fingerprint density at radius 1 is 1.12 bits per heavy atom. The summed E-state index contributed by atoms with van der Waals surface area (Å²) >= 11 is 0. The SMILES string of the molecule is CCc1c(C)nn(CCCCCCO)c1C. The van der Waals surface area contributed by atoms with E-state index in [0.29, 0.717) is 6.61 Å². The van der Waals surface area contributed by atoms with Crippen LogP contribution in [-0.4, -0.2) is 21.5 Å². The van der Waals surface area contributed by atoms with Gasteiger partial charge in [0.25, 0.3) is 0 Å². The van der Waals surface area contributed by atoms with Gasteiger partial charge in [-0.25, -0.2) is 0 Å². The zero-order valence-electron chi connectivity index (χ0n) is 10.8. The number of rotatable bonds is 7. The smallest absolute Gasteiger partial charge is 0.0628 e. The molecular weight excluding hydrogens is 200 g/mol. The number of nitrogens with zero attached hydrogens (tertiary/aromatic N) is 2. The molecule has 0 aliphatic carbocycles. The van der Waals surface area contributed by atoms with Gasteiger partial charge in [0.1, 0.15) is 0 Å². The van der Waals surface area contributed by atoms with Crippen molar-refractivity contribution in [2.45, 2.75) is 59.4 Å². The summed E-state index contributed by atoms with van der Waals surface area (Å²) in [7, 11) is 0. The minimum absolute atomic E-state index is 0.319. The van der Waals surface area contributed by atoms with Gasteiger partial charge in [-0.05, 0) is 38.7 Å². The highest BCUT2D eigenvalue weighted by molar-refractivity contribution is 5.24. The molecule has 0 fully saturated rings. The summed E-state index contributed by atoms with van der Waals surface area (Å²) in [5.74, 6) is 0. The van der Waals surface area contributed by atoms with E-state index >= 15 is 0 Å². The lowest BCUT2D eigenvalue weighted by molar-refractivity contribution is 0.282. The topological polar surface area (TPSA) is 38.0 Å². The molecule has 3 nitrogen and oxygen atoms in total. The molecule has 16 heavy (non-hydrogen) atoms. The van der Waals surface area contributed by atoms with Crippen LogP contribution in [0.2, 0.25) is 0 Å². The monoisotopic (exact) mass is 224 g/mol. The van der Waals surface area contributed by atoms with Gasteiger partial charge in [-0.1, -0.05) is 19.8 Å². The van der Waals surface area contributed by atoms with Gasteiger partial charge in [0.15, 0.2) is 0 Å². The number of aromatic nitrogens is 2. The average molecular weight is 224 g/mol. The van der Waals surface area contributed by atoms with Crippen molar-refractivity contribution in [2.24, 2.45) is 0 Å². The van der Waals surface area contributed by atoms with E-state index in [9.17, 15) is 0 Å². The molecule has 0 radical (unpaired) electrons. The van der Waals surface area contributed by atoms with Crippen LogP contribution >= 0.6 is 0 Å². The number of aliphatic hydroxyl groups excluding tert-OH is 1. The van der Waals surface area contributed by atoms with Crippen LogP contribution < -0.4 is 0 Å². The average Bonchev–Trinajstić information content (AvgIpc) is 2.53. The molecule has 1 aromatic rings. The number of aryl methyl sites for hydroxylation is 2. The minimum Gasteiger partial charge on any atom is -0.396 e. The third kappa shape index (κ3) is 3.34. The van der Waals surface area contributed by atoms with E-state index in [1.54, 1.807) is 0 Å². The first-order chi connectivity index (χ1) is 7.70. The molecule has 1 N–H and O–H groups in total. The third-order valence-electron chi connectivity index (χ3n) is 3.16. The Hall–Kier alpha value is -0.830. The molecule has 0 saturated heterocycles. The Bertz CT molecular complexity index is 318. The molecule has 1 rings (SSSR count). The maximum Gasteiger partial charge on any atom is 0.0628 e. The molecule has 92 valence electrons.